The summed E-state index contributed by atoms with van der Waals surface area (Å²) in [5.41, 5.74) is 0. The van der Waals surface area contributed by atoms with Gasteiger partial charge in [0.25, 0.3) is 0 Å². The molecule has 15 heavy (non-hydrogen) atoms. The van der Waals surface area contributed by atoms with Crippen LogP contribution in [0.25, 0.3) is 0 Å². The Bertz CT molecular complexity index is 282. The van der Waals surface area contributed by atoms with Gasteiger partial charge >= 0.3 is 0 Å². The predicted octanol–water partition coefficient (Wildman–Crippen LogP) is 1.19. The molecule has 1 unspecified atom stereocenters. The molecule has 86 valence electrons. The third-order valence-corrected chi connectivity index (χ3v) is 2.51. The van der Waals surface area contributed by atoms with Gasteiger partial charge in [-0.05, 0) is 26.4 Å². The Hall–Kier alpha value is -1.03. The lowest BCUT2D eigenvalue weighted by molar-refractivity contribution is 0.534. The predicted molar refractivity (Wildman–Crippen MR) is 64.3 cm³/mol. The summed E-state index contributed by atoms with van der Waals surface area (Å²) in [5.74, 6) is 1.68. The number of nitrogens with one attached hydrogen (secondary N) is 1. The van der Waals surface area contributed by atoms with E-state index in [1.165, 1.54) is 0 Å². The Kier molecular flexibility index (Phi) is 4.62. The van der Waals surface area contributed by atoms with E-state index in [-0.39, 0.29) is 0 Å². The van der Waals surface area contributed by atoms with Crippen LogP contribution in [0.2, 0.25) is 0 Å². The summed E-state index contributed by atoms with van der Waals surface area (Å²) >= 11 is 0. The molecule has 4 nitrogen and oxygen atoms in total. The average Bonchev–Trinajstić information content (AvgIpc) is 2.65. The van der Waals surface area contributed by atoms with Crippen molar-refractivity contribution in [2.45, 2.75) is 20.4 Å². The van der Waals surface area contributed by atoms with E-state index in [0.29, 0.717) is 5.92 Å². The molecule has 0 aliphatic heterocycles. The fourth-order valence-corrected chi connectivity index (χ4v) is 1.85. The molecule has 0 spiro atoms. The van der Waals surface area contributed by atoms with Crippen molar-refractivity contribution in [2.75, 3.05) is 32.1 Å². The summed E-state index contributed by atoms with van der Waals surface area (Å²) in [5, 5.41) is 3.19. The molecule has 0 aliphatic rings. The SMILES string of the molecule is CCn1ccnc1N(C)CC(C)CNC. The normalized spacial score (nSPS) is 12.8. The number of rotatable bonds is 6. The Morgan fingerprint density at radius 2 is 2.33 bits per heavy atom. The molecular weight excluding hydrogens is 188 g/mol. The van der Waals surface area contributed by atoms with Gasteiger partial charge in [-0.25, -0.2) is 4.98 Å². The second-order valence-electron chi connectivity index (χ2n) is 4.06. The summed E-state index contributed by atoms with van der Waals surface area (Å²) in [6.45, 7) is 7.41. The van der Waals surface area contributed by atoms with Crippen molar-refractivity contribution in [2.24, 2.45) is 5.92 Å². The highest BCUT2D eigenvalue weighted by atomic mass is 15.3. The van der Waals surface area contributed by atoms with E-state index >= 15 is 0 Å². The van der Waals surface area contributed by atoms with Crippen LogP contribution in [0.15, 0.2) is 12.4 Å². The number of hydrogen-bond donors (Lipinski definition) is 1. The average molecular weight is 210 g/mol. The Labute approximate surface area is 92.3 Å². The molecule has 1 aromatic heterocycles. The van der Waals surface area contributed by atoms with Gasteiger partial charge in [0.2, 0.25) is 5.95 Å². The van der Waals surface area contributed by atoms with E-state index in [1.807, 2.05) is 19.4 Å². The van der Waals surface area contributed by atoms with Gasteiger partial charge in [-0.15, -0.1) is 0 Å². The number of anilines is 1. The van der Waals surface area contributed by atoms with Gasteiger partial charge in [-0.1, -0.05) is 6.92 Å². The molecule has 0 aliphatic carbocycles. The van der Waals surface area contributed by atoms with Gasteiger partial charge in [-0.3, -0.25) is 0 Å². The molecule has 1 atom stereocenters. The molecule has 0 amide bonds. The van der Waals surface area contributed by atoms with Gasteiger partial charge in [-0.2, -0.15) is 0 Å². The molecular formula is C11H22N4. The smallest absolute Gasteiger partial charge is 0.205 e. The van der Waals surface area contributed by atoms with E-state index in [9.17, 15) is 0 Å². The number of aryl methyl sites for hydroxylation is 1. The van der Waals surface area contributed by atoms with Gasteiger partial charge in [0.1, 0.15) is 0 Å². The van der Waals surface area contributed by atoms with Crippen LogP contribution in [-0.2, 0) is 6.54 Å². The van der Waals surface area contributed by atoms with E-state index < -0.39 is 0 Å². The van der Waals surface area contributed by atoms with Gasteiger partial charge < -0.3 is 14.8 Å². The number of hydrogen-bond acceptors (Lipinski definition) is 3. The first-order valence-corrected chi connectivity index (χ1v) is 5.55. The summed E-state index contributed by atoms with van der Waals surface area (Å²) in [7, 11) is 4.09. The summed E-state index contributed by atoms with van der Waals surface area (Å²) in [6, 6.07) is 0. The minimum absolute atomic E-state index is 0.627. The third kappa shape index (κ3) is 3.23. The molecule has 0 radical (unpaired) electrons. The van der Waals surface area contributed by atoms with E-state index in [4.69, 9.17) is 0 Å². The zero-order valence-corrected chi connectivity index (χ0v) is 10.2. The van der Waals surface area contributed by atoms with Crippen molar-refractivity contribution < 1.29 is 0 Å². The van der Waals surface area contributed by atoms with E-state index in [2.05, 4.69) is 40.7 Å². The number of imidazole rings is 1. The van der Waals surface area contributed by atoms with Crippen molar-refractivity contribution in [3.8, 4) is 0 Å². The molecule has 4 heteroatoms. The first kappa shape index (κ1) is 12.0. The van der Waals surface area contributed by atoms with Crippen LogP contribution in [-0.4, -0.2) is 36.7 Å². The summed E-state index contributed by atoms with van der Waals surface area (Å²) in [4.78, 5) is 6.58. The van der Waals surface area contributed by atoms with Crippen LogP contribution in [0.5, 0.6) is 0 Å². The third-order valence-electron chi connectivity index (χ3n) is 2.51. The zero-order chi connectivity index (χ0) is 11.3. The van der Waals surface area contributed by atoms with Gasteiger partial charge in [0.15, 0.2) is 0 Å². The van der Waals surface area contributed by atoms with Crippen molar-refractivity contribution in [3.63, 3.8) is 0 Å². The lowest BCUT2D eigenvalue weighted by atomic mass is 10.2. The largest absolute Gasteiger partial charge is 0.345 e. The molecule has 0 aromatic carbocycles. The number of aromatic nitrogens is 2. The molecule has 1 aromatic rings. The second kappa shape index (κ2) is 5.75. The summed E-state index contributed by atoms with van der Waals surface area (Å²) < 4.78 is 2.16. The van der Waals surface area contributed by atoms with Crippen LogP contribution >= 0.6 is 0 Å². The molecule has 0 fully saturated rings. The van der Waals surface area contributed by atoms with Crippen LogP contribution < -0.4 is 10.2 Å². The highest BCUT2D eigenvalue weighted by Crippen LogP contribution is 2.11. The van der Waals surface area contributed by atoms with Crippen molar-refractivity contribution in [3.05, 3.63) is 12.4 Å². The Morgan fingerprint density at radius 1 is 1.60 bits per heavy atom. The highest BCUT2D eigenvalue weighted by Gasteiger charge is 2.10. The molecule has 0 bridgehead atoms. The Morgan fingerprint density at radius 3 is 2.93 bits per heavy atom. The van der Waals surface area contributed by atoms with Crippen LogP contribution in [0.1, 0.15) is 13.8 Å². The van der Waals surface area contributed by atoms with Crippen LogP contribution in [0.4, 0.5) is 5.95 Å². The first-order chi connectivity index (χ1) is 7.19. The maximum absolute atomic E-state index is 4.37. The number of nitrogens with zero attached hydrogens (tertiary/aromatic N) is 3. The second-order valence-corrected chi connectivity index (χ2v) is 4.06. The highest BCUT2D eigenvalue weighted by molar-refractivity contribution is 5.29. The van der Waals surface area contributed by atoms with Crippen molar-refractivity contribution in [1.29, 1.82) is 0 Å². The maximum atomic E-state index is 4.37. The molecule has 0 saturated carbocycles. The lowest BCUT2D eigenvalue weighted by Gasteiger charge is -2.22. The van der Waals surface area contributed by atoms with Crippen LogP contribution in [0, 0.1) is 5.92 Å². The van der Waals surface area contributed by atoms with E-state index in [1.54, 1.807) is 0 Å². The minimum atomic E-state index is 0.627. The fourth-order valence-electron chi connectivity index (χ4n) is 1.85. The summed E-state index contributed by atoms with van der Waals surface area (Å²) in [6.07, 6.45) is 3.88. The maximum Gasteiger partial charge on any atom is 0.205 e. The van der Waals surface area contributed by atoms with Crippen LogP contribution in [0.3, 0.4) is 0 Å². The van der Waals surface area contributed by atoms with Gasteiger partial charge in [0, 0.05) is 32.5 Å². The van der Waals surface area contributed by atoms with Gasteiger partial charge in [0.05, 0.1) is 0 Å². The molecule has 1 N–H and O–H groups in total. The molecule has 0 saturated heterocycles. The standard InChI is InChI=1S/C11H22N4/c1-5-15-7-6-13-11(15)14(4)9-10(2)8-12-3/h6-7,10,12H,5,8-9H2,1-4H3. The quantitative estimate of drug-likeness (QED) is 0.766. The van der Waals surface area contributed by atoms with Crippen molar-refractivity contribution >= 4 is 5.95 Å². The topological polar surface area (TPSA) is 33.1 Å². The first-order valence-electron chi connectivity index (χ1n) is 5.55. The van der Waals surface area contributed by atoms with E-state index in [0.717, 1.165) is 25.6 Å². The fraction of sp³-hybridized carbons (Fsp3) is 0.727. The molecule has 1 rings (SSSR count). The monoisotopic (exact) mass is 210 g/mol. The molecule has 1 heterocycles. The Balaban J connectivity index is 2.56. The zero-order valence-electron chi connectivity index (χ0n) is 10.2. The minimum Gasteiger partial charge on any atom is -0.345 e. The van der Waals surface area contributed by atoms with Crippen molar-refractivity contribution in [1.82, 2.24) is 14.9 Å². The lowest BCUT2D eigenvalue weighted by Crippen LogP contribution is -2.31.